The van der Waals surface area contributed by atoms with Crippen LogP contribution in [0.3, 0.4) is 0 Å². The molecule has 1 aliphatic heterocycles. The fraction of sp³-hybridized carbons (Fsp3) is 0.500. The van der Waals surface area contributed by atoms with Gasteiger partial charge in [-0.05, 0) is 25.0 Å². The van der Waals surface area contributed by atoms with Crippen LogP contribution in [0, 0.1) is 17.5 Å². The average Bonchev–Trinajstić information content (AvgIpc) is 2.68. The quantitative estimate of drug-likeness (QED) is 0.849. The summed E-state index contributed by atoms with van der Waals surface area (Å²) in [5, 5.41) is 9.33. The first-order valence-electron chi connectivity index (χ1n) is 6.61. The Hall–Kier alpha value is -1.56. The average molecular weight is 287 g/mol. The largest absolute Gasteiger partial charge is 0.394 e. The number of aliphatic hydroxyl groups excluding tert-OH is 1. The summed E-state index contributed by atoms with van der Waals surface area (Å²) in [4.78, 5) is 13.7. The summed E-state index contributed by atoms with van der Waals surface area (Å²) in [7, 11) is 0. The summed E-state index contributed by atoms with van der Waals surface area (Å²) < 4.78 is 39.3. The number of halogens is 3. The van der Waals surface area contributed by atoms with E-state index < -0.39 is 23.4 Å². The van der Waals surface area contributed by atoms with Crippen LogP contribution in [0.5, 0.6) is 0 Å². The third-order valence-corrected chi connectivity index (χ3v) is 3.58. The van der Waals surface area contributed by atoms with Crippen molar-refractivity contribution in [3.63, 3.8) is 0 Å². The molecule has 0 saturated carbocycles. The van der Waals surface area contributed by atoms with Crippen LogP contribution < -0.4 is 0 Å². The van der Waals surface area contributed by atoms with Crippen LogP contribution in [-0.4, -0.2) is 35.1 Å². The zero-order chi connectivity index (χ0) is 14.7. The second-order valence-electron chi connectivity index (χ2n) is 4.94. The van der Waals surface area contributed by atoms with E-state index in [-0.39, 0.29) is 18.2 Å². The number of benzene rings is 1. The second kappa shape index (κ2) is 6.26. The number of nitrogens with zero attached hydrogens (tertiary/aromatic N) is 1. The molecule has 1 heterocycles. The molecular weight excluding hydrogens is 271 g/mol. The lowest BCUT2D eigenvalue weighted by Crippen LogP contribution is -2.42. The molecule has 1 aromatic rings. The number of hydrogen-bond acceptors (Lipinski definition) is 2. The summed E-state index contributed by atoms with van der Waals surface area (Å²) in [5.41, 5.74) is -0.234. The van der Waals surface area contributed by atoms with E-state index in [1.54, 1.807) is 0 Å². The van der Waals surface area contributed by atoms with Crippen LogP contribution in [0.1, 0.15) is 36.0 Å². The summed E-state index contributed by atoms with van der Waals surface area (Å²) >= 11 is 0. The van der Waals surface area contributed by atoms with Crippen molar-refractivity contribution in [2.24, 2.45) is 0 Å². The van der Waals surface area contributed by atoms with E-state index in [2.05, 4.69) is 0 Å². The van der Waals surface area contributed by atoms with Crippen LogP contribution in [0.2, 0.25) is 0 Å². The molecule has 0 aliphatic carbocycles. The third-order valence-electron chi connectivity index (χ3n) is 3.58. The molecule has 1 unspecified atom stereocenters. The van der Waals surface area contributed by atoms with Gasteiger partial charge in [0, 0.05) is 12.1 Å². The van der Waals surface area contributed by atoms with Gasteiger partial charge in [0.05, 0.1) is 12.6 Å². The van der Waals surface area contributed by atoms with Gasteiger partial charge >= 0.3 is 0 Å². The van der Waals surface area contributed by atoms with E-state index in [0.717, 1.165) is 19.3 Å². The molecule has 2 rings (SSSR count). The number of rotatable bonds is 2. The normalized spacial score (nSPS) is 19.8. The Kier molecular flexibility index (Phi) is 4.65. The maximum Gasteiger partial charge on any atom is 0.254 e. The summed E-state index contributed by atoms with van der Waals surface area (Å²) in [5.74, 6) is -4.94. The number of carbonyl (C=O) groups is 1. The highest BCUT2D eigenvalue weighted by molar-refractivity contribution is 5.94. The zero-order valence-electron chi connectivity index (χ0n) is 10.9. The van der Waals surface area contributed by atoms with E-state index >= 15 is 0 Å². The van der Waals surface area contributed by atoms with Crippen LogP contribution in [0.4, 0.5) is 13.2 Å². The van der Waals surface area contributed by atoms with Crippen LogP contribution in [0.15, 0.2) is 12.1 Å². The van der Waals surface area contributed by atoms with Crippen molar-refractivity contribution in [2.45, 2.75) is 31.7 Å². The highest BCUT2D eigenvalue weighted by Gasteiger charge is 2.27. The molecule has 110 valence electrons. The Labute approximate surface area is 115 Å². The second-order valence-corrected chi connectivity index (χ2v) is 4.94. The molecule has 3 nitrogen and oxygen atoms in total. The van der Waals surface area contributed by atoms with Gasteiger partial charge in [0.15, 0.2) is 17.5 Å². The van der Waals surface area contributed by atoms with E-state index in [1.807, 2.05) is 0 Å². The van der Waals surface area contributed by atoms with Crippen LogP contribution in [-0.2, 0) is 0 Å². The summed E-state index contributed by atoms with van der Waals surface area (Å²) in [6.07, 6.45) is 3.25. The molecule has 0 radical (unpaired) electrons. The predicted molar refractivity (Wildman–Crippen MR) is 66.7 cm³/mol. The van der Waals surface area contributed by atoms with Crippen molar-refractivity contribution in [3.05, 3.63) is 35.1 Å². The van der Waals surface area contributed by atoms with Gasteiger partial charge in [-0.3, -0.25) is 4.79 Å². The number of amides is 1. The van der Waals surface area contributed by atoms with Crippen molar-refractivity contribution < 1.29 is 23.1 Å². The number of hydrogen-bond donors (Lipinski definition) is 1. The molecule has 1 fully saturated rings. The smallest absolute Gasteiger partial charge is 0.254 e. The predicted octanol–water partition coefficient (Wildman–Crippen LogP) is 2.48. The van der Waals surface area contributed by atoms with Gasteiger partial charge in [-0.25, -0.2) is 13.2 Å². The maximum absolute atomic E-state index is 13.2. The minimum atomic E-state index is -1.59. The Morgan fingerprint density at radius 2 is 1.85 bits per heavy atom. The number of aliphatic hydroxyl groups is 1. The highest BCUT2D eigenvalue weighted by atomic mass is 19.2. The molecule has 6 heteroatoms. The minimum absolute atomic E-state index is 0.197. The molecule has 1 N–H and O–H groups in total. The van der Waals surface area contributed by atoms with Gasteiger partial charge in [0.2, 0.25) is 0 Å². The van der Waals surface area contributed by atoms with Gasteiger partial charge in [-0.2, -0.15) is 0 Å². The molecule has 1 saturated heterocycles. The molecule has 1 amide bonds. The van der Waals surface area contributed by atoms with Crippen molar-refractivity contribution in [1.82, 2.24) is 4.90 Å². The molecule has 20 heavy (non-hydrogen) atoms. The van der Waals surface area contributed by atoms with E-state index in [0.29, 0.717) is 25.1 Å². The number of likely N-dealkylation sites (tertiary alicyclic amines) is 1. The molecule has 1 atom stereocenters. The first-order valence-corrected chi connectivity index (χ1v) is 6.61. The maximum atomic E-state index is 13.2. The van der Waals surface area contributed by atoms with Crippen LogP contribution >= 0.6 is 0 Å². The van der Waals surface area contributed by atoms with Gasteiger partial charge in [0.25, 0.3) is 5.91 Å². The number of carbonyl (C=O) groups excluding carboxylic acids is 1. The topological polar surface area (TPSA) is 40.5 Å². The lowest BCUT2D eigenvalue weighted by atomic mass is 10.1. The molecule has 0 aromatic heterocycles. The molecule has 1 aromatic carbocycles. The molecular formula is C14H16F3NO2. The van der Waals surface area contributed by atoms with Gasteiger partial charge in [-0.15, -0.1) is 0 Å². The fourth-order valence-electron chi connectivity index (χ4n) is 2.48. The third kappa shape index (κ3) is 2.95. The fourth-order valence-corrected chi connectivity index (χ4v) is 2.48. The van der Waals surface area contributed by atoms with E-state index in [9.17, 15) is 23.1 Å². The summed E-state index contributed by atoms with van der Waals surface area (Å²) in [6, 6.07) is 1.03. The molecule has 0 spiro atoms. The van der Waals surface area contributed by atoms with Crippen molar-refractivity contribution >= 4 is 5.91 Å². The molecule has 1 aliphatic rings. The lowest BCUT2D eigenvalue weighted by Gasteiger charge is -2.28. The Morgan fingerprint density at radius 1 is 1.20 bits per heavy atom. The Balaban J connectivity index is 2.29. The zero-order valence-corrected chi connectivity index (χ0v) is 10.9. The first kappa shape index (κ1) is 14.8. The van der Waals surface area contributed by atoms with Crippen molar-refractivity contribution in [3.8, 4) is 0 Å². The van der Waals surface area contributed by atoms with Gasteiger partial charge in [-0.1, -0.05) is 12.8 Å². The minimum Gasteiger partial charge on any atom is -0.394 e. The van der Waals surface area contributed by atoms with Crippen molar-refractivity contribution in [2.75, 3.05) is 13.2 Å². The van der Waals surface area contributed by atoms with Crippen molar-refractivity contribution in [1.29, 1.82) is 0 Å². The van der Waals surface area contributed by atoms with Crippen LogP contribution in [0.25, 0.3) is 0 Å². The van der Waals surface area contributed by atoms with Gasteiger partial charge < -0.3 is 10.0 Å². The van der Waals surface area contributed by atoms with E-state index in [4.69, 9.17) is 0 Å². The monoisotopic (exact) mass is 287 g/mol. The SMILES string of the molecule is O=C(c1cc(F)c(F)c(F)c1)N1CCCCCC1CO. The lowest BCUT2D eigenvalue weighted by molar-refractivity contribution is 0.0598. The molecule has 0 bridgehead atoms. The Bertz CT molecular complexity index is 484. The standard InChI is InChI=1S/C14H16F3NO2/c15-11-6-9(7-12(16)13(11)17)14(20)18-5-3-1-2-4-10(18)8-19/h6-7,10,19H,1-5,8H2. The summed E-state index contributed by atoms with van der Waals surface area (Å²) in [6.45, 7) is 0.225. The first-order chi connectivity index (χ1) is 9.54. The van der Waals surface area contributed by atoms with Gasteiger partial charge in [0.1, 0.15) is 0 Å². The highest BCUT2D eigenvalue weighted by Crippen LogP contribution is 2.21. The van der Waals surface area contributed by atoms with E-state index in [1.165, 1.54) is 4.90 Å². The Morgan fingerprint density at radius 3 is 2.45 bits per heavy atom.